The lowest BCUT2D eigenvalue weighted by atomic mass is 10.1. The fourth-order valence-electron chi connectivity index (χ4n) is 2.30. The van der Waals surface area contributed by atoms with Crippen LogP contribution in [0.3, 0.4) is 0 Å². The second-order valence-corrected chi connectivity index (χ2v) is 5.40. The highest BCUT2D eigenvalue weighted by molar-refractivity contribution is 5.78. The van der Waals surface area contributed by atoms with Gasteiger partial charge in [-0.3, -0.25) is 9.69 Å². The lowest BCUT2D eigenvalue weighted by Gasteiger charge is -2.18. The first kappa shape index (κ1) is 14.5. The van der Waals surface area contributed by atoms with Gasteiger partial charge in [0.15, 0.2) is 0 Å². The molecule has 1 amide bonds. The van der Waals surface area contributed by atoms with Crippen molar-refractivity contribution in [3.05, 3.63) is 0 Å². The van der Waals surface area contributed by atoms with E-state index in [0.29, 0.717) is 12.6 Å². The first-order chi connectivity index (χ1) is 8.08. The summed E-state index contributed by atoms with van der Waals surface area (Å²) in [4.78, 5) is 13.6. The molecule has 1 aliphatic heterocycles. The van der Waals surface area contributed by atoms with Crippen LogP contribution in [0.2, 0.25) is 0 Å². The first-order valence-electron chi connectivity index (χ1n) is 6.79. The quantitative estimate of drug-likeness (QED) is 0.698. The molecule has 1 unspecified atom stereocenters. The average molecular weight is 241 g/mol. The minimum absolute atomic E-state index is 0.126. The molecule has 2 N–H and O–H groups in total. The molecule has 1 heterocycles. The molecule has 1 rings (SSSR count). The fourth-order valence-corrected chi connectivity index (χ4v) is 2.30. The summed E-state index contributed by atoms with van der Waals surface area (Å²) in [5, 5.41) is 6.41. The number of carbonyl (C=O) groups is 1. The monoisotopic (exact) mass is 241 g/mol. The zero-order valence-corrected chi connectivity index (χ0v) is 11.5. The summed E-state index contributed by atoms with van der Waals surface area (Å²) >= 11 is 0. The lowest BCUT2D eigenvalue weighted by molar-refractivity contribution is -0.122. The molecular formula is C13H27N3O. The topological polar surface area (TPSA) is 44.4 Å². The summed E-state index contributed by atoms with van der Waals surface area (Å²) in [6, 6.07) is 0.950. The number of amides is 1. The first-order valence-corrected chi connectivity index (χ1v) is 6.79. The smallest absolute Gasteiger partial charge is 0.234 e. The highest BCUT2D eigenvalue weighted by atomic mass is 16.2. The summed E-state index contributed by atoms with van der Waals surface area (Å²) in [6.07, 6.45) is 5.04. The van der Waals surface area contributed by atoms with Crippen LogP contribution in [0.4, 0.5) is 0 Å². The maximum Gasteiger partial charge on any atom is 0.234 e. The van der Waals surface area contributed by atoms with Gasteiger partial charge in [0.25, 0.3) is 0 Å². The number of hydrogen-bond donors (Lipinski definition) is 2. The van der Waals surface area contributed by atoms with Gasteiger partial charge in [0.05, 0.1) is 6.54 Å². The van der Waals surface area contributed by atoms with Crippen LogP contribution >= 0.6 is 0 Å². The Balaban J connectivity index is 2.03. The molecule has 1 aliphatic rings. The molecule has 1 saturated heterocycles. The van der Waals surface area contributed by atoms with Crippen molar-refractivity contribution >= 4 is 5.91 Å². The molecule has 1 fully saturated rings. The van der Waals surface area contributed by atoms with Crippen LogP contribution in [0.15, 0.2) is 0 Å². The number of nitrogens with zero attached hydrogens (tertiary/aromatic N) is 1. The highest BCUT2D eigenvalue weighted by Crippen LogP contribution is 2.10. The van der Waals surface area contributed by atoms with Crippen molar-refractivity contribution in [1.29, 1.82) is 0 Å². The second kappa shape index (κ2) is 7.67. The predicted octanol–water partition coefficient (Wildman–Crippen LogP) is 0.975. The number of carbonyl (C=O) groups excluding carboxylic acids is 1. The Morgan fingerprint density at radius 3 is 2.88 bits per heavy atom. The Kier molecular flexibility index (Phi) is 6.52. The van der Waals surface area contributed by atoms with Gasteiger partial charge in [-0.25, -0.2) is 0 Å². The van der Waals surface area contributed by atoms with E-state index in [4.69, 9.17) is 0 Å². The Labute approximate surface area is 105 Å². The van der Waals surface area contributed by atoms with Crippen LogP contribution in [-0.4, -0.2) is 49.6 Å². The van der Waals surface area contributed by atoms with E-state index in [-0.39, 0.29) is 11.9 Å². The van der Waals surface area contributed by atoms with Crippen molar-refractivity contribution in [3.8, 4) is 0 Å². The predicted molar refractivity (Wildman–Crippen MR) is 71.0 cm³/mol. The summed E-state index contributed by atoms with van der Waals surface area (Å²) in [6.45, 7) is 6.67. The Morgan fingerprint density at radius 1 is 1.53 bits per heavy atom. The zero-order chi connectivity index (χ0) is 12.7. The van der Waals surface area contributed by atoms with Gasteiger partial charge in [-0.1, -0.05) is 0 Å². The number of likely N-dealkylation sites (N-methyl/N-ethyl adjacent to an activating group) is 1. The largest absolute Gasteiger partial charge is 0.353 e. The van der Waals surface area contributed by atoms with E-state index in [1.807, 2.05) is 20.9 Å². The fraction of sp³-hybridized carbons (Fsp3) is 0.923. The molecule has 17 heavy (non-hydrogen) atoms. The van der Waals surface area contributed by atoms with Crippen molar-refractivity contribution < 1.29 is 4.79 Å². The van der Waals surface area contributed by atoms with E-state index in [9.17, 15) is 4.79 Å². The van der Waals surface area contributed by atoms with E-state index >= 15 is 0 Å². The van der Waals surface area contributed by atoms with Crippen molar-refractivity contribution in [2.75, 3.05) is 26.7 Å². The van der Waals surface area contributed by atoms with Gasteiger partial charge in [-0.15, -0.1) is 0 Å². The highest BCUT2D eigenvalue weighted by Gasteiger charge is 2.14. The molecule has 0 aromatic rings. The normalized spacial score (nSPS) is 20.2. The van der Waals surface area contributed by atoms with Crippen molar-refractivity contribution in [2.24, 2.45) is 0 Å². The van der Waals surface area contributed by atoms with E-state index < -0.39 is 0 Å². The molecule has 100 valence electrons. The Morgan fingerprint density at radius 2 is 2.29 bits per heavy atom. The van der Waals surface area contributed by atoms with Crippen LogP contribution in [-0.2, 0) is 4.79 Å². The summed E-state index contributed by atoms with van der Waals surface area (Å²) in [5.41, 5.74) is 0. The zero-order valence-electron chi connectivity index (χ0n) is 11.5. The van der Waals surface area contributed by atoms with Crippen molar-refractivity contribution in [2.45, 2.75) is 51.6 Å². The Hall–Kier alpha value is -0.610. The van der Waals surface area contributed by atoms with E-state index in [2.05, 4.69) is 15.5 Å². The van der Waals surface area contributed by atoms with Crippen LogP contribution in [0.1, 0.15) is 39.5 Å². The third kappa shape index (κ3) is 6.64. The third-order valence-corrected chi connectivity index (χ3v) is 3.12. The van der Waals surface area contributed by atoms with Gasteiger partial charge in [0.1, 0.15) is 0 Å². The van der Waals surface area contributed by atoms with Crippen LogP contribution in [0.25, 0.3) is 0 Å². The van der Waals surface area contributed by atoms with Gasteiger partial charge < -0.3 is 10.6 Å². The van der Waals surface area contributed by atoms with Crippen LogP contribution < -0.4 is 10.6 Å². The minimum atomic E-state index is 0.126. The van der Waals surface area contributed by atoms with Crippen molar-refractivity contribution in [3.63, 3.8) is 0 Å². The van der Waals surface area contributed by atoms with E-state index in [0.717, 1.165) is 6.54 Å². The van der Waals surface area contributed by atoms with E-state index in [1.165, 1.54) is 32.2 Å². The molecule has 0 aromatic heterocycles. The molecule has 0 radical (unpaired) electrons. The standard InChI is InChI=1S/C13H27N3O/c1-11(2)15-13(17)10-16(3)9-5-7-12-6-4-8-14-12/h11-12,14H,4-10H2,1-3H3,(H,15,17). The maximum atomic E-state index is 11.5. The van der Waals surface area contributed by atoms with Crippen LogP contribution in [0, 0.1) is 0 Å². The molecule has 4 heteroatoms. The van der Waals surface area contributed by atoms with Gasteiger partial charge in [0.2, 0.25) is 5.91 Å². The number of hydrogen-bond acceptors (Lipinski definition) is 3. The summed E-state index contributed by atoms with van der Waals surface area (Å²) in [7, 11) is 2.02. The summed E-state index contributed by atoms with van der Waals surface area (Å²) < 4.78 is 0. The van der Waals surface area contributed by atoms with Gasteiger partial charge >= 0.3 is 0 Å². The van der Waals surface area contributed by atoms with E-state index in [1.54, 1.807) is 0 Å². The number of nitrogens with one attached hydrogen (secondary N) is 2. The molecule has 4 nitrogen and oxygen atoms in total. The van der Waals surface area contributed by atoms with Gasteiger partial charge in [0, 0.05) is 12.1 Å². The molecule has 1 atom stereocenters. The summed E-state index contributed by atoms with van der Waals surface area (Å²) in [5.74, 6) is 0.126. The minimum Gasteiger partial charge on any atom is -0.353 e. The third-order valence-electron chi connectivity index (χ3n) is 3.12. The molecule has 0 spiro atoms. The number of rotatable bonds is 7. The second-order valence-electron chi connectivity index (χ2n) is 5.40. The van der Waals surface area contributed by atoms with Gasteiger partial charge in [-0.2, -0.15) is 0 Å². The van der Waals surface area contributed by atoms with Crippen molar-refractivity contribution in [1.82, 2.24) is 15.5 Å². The molecule has 0 bridgehead atoms. The molecule has 0 aliphatic carbocycles. The SMILES string of the molecule is CC(C)NC(=O)CN(C)CCCC1CCCN1. The Bertz CT molecular complexity index is 225. The molecule has 0 saturated carbocycles. The molecule has 0 aromatic carbocycles. The molecular weight excluding hydrogens is 214 g/mol. The van der Waals surface area contributed by atoms with Crippen LogP contribution in [0.5, 0.6) is 0 Å². The van der Waals surface area contributed by atoms with Gasteiger partial charge in [-0.05, 0) is 59.7 Å². The lowest BCUT2D eigenvalue weighted by Crippen LogP contribution is -2.39. The maximum absolute atomic E-state index is 11.5. The average Bonchev–Trinajstić information content (AvgIpc) is 2.68.